The van der Waals surface area contributed by atoms with Gasteiger partial charge in [0, 0.05) is 32.1 Å². The van der Waals surface area contributed by atoms with Gasteiger partial charge in [0.05, 0.1) is 45.3 Å². The summed E-state index contributed by atoms with van der Waals surface area (Å²) in [4.78, 5) is 46.5. The number of esters is 1. The normalized spacial score (nSPS) is 10.5. The first-order chi connectivity index (χ1) is 18.0. The Bertz CT molecular complexity index is 1330. The first-order valence-corrected chi connectivity index (χ1v) is 11.6. The zero-order valence-electron chi connectivity index (χ0n) is 20.5. The topological polar surface area (TPSA) is 203 Å². The number of nitro benzene ring substituents is 2. The number of amides is 1. The molecule has 0 spiro atoms. The summed E-state index contributed by atoms with van der Waals surface area (Å²) in [5.74, 6) is -0.715. The number of halogens is 1. The molecule has 15 nitrogen and oxygen atoms in total. The number of methoxy groups -OCH3 is 1. The molecule has 16 heteroatoms. The molecule has 2 aromatic carbocycles. The number of hydrogen-bond donors (Lipinski definition) is 1. The fourth-order valence-electron chi connectivity index (χ4n) is 3.22. The van der Waals surface area contributed by atoms with Gasteiger partial charge in [-0.3, -0.25) is 29.8 Å². The van der Waals surface area contributed by atoms with Gasteiger partial charge in [0.25, 0.3) is 5.69 Å². The molecule has 2 aromatic rings. The van der Waals surface area contributed by atoms with Gasteiger partial charge in [-0.25, -0.2) is 0 Å². The highest BCUT2D eigenvalue weighted by Crippen LogP contribution is 2.43. The molecular formula is C22H22BrN7O8. The number of anilines is 2. The zero-order valence-corrected chi connectivity index (χ0v) is 22.1. The van der Waals surface area contributed by atoms with Crippen molar-refractivity contribution in [1.29, 1.82) is 5.26 Å². The van der Waals surface area contributed by atoms with Crippen LogP contribution >= 0.6 is 15.9 Å². The lowest BCUT2D eigenvalue weighted by atomic mass is 10.2. The summed E-state index contributed by atoms with van der Waals surface area (Å²) in [5.41, 5.74) is -0.687. The van der Waals surface area contributed by atoms with Crippen LogP contribution < -0.4 is 15.0 Å². The number of azo groups is 1. The van der Waals surface area contributed by atoms with Gasteiger partial charge in [0.15, 0.2) is 12.3 Å². The maximum Gasteiger partial charge on any atom is 0.308 e. The van der Waals surface area contributed by atoms with Gasteiger partial charge < -0.3 is 19.7 Å². The van der Waals surface area contributed by atoms with Crippen LogP contribution in [-0.2, 0) is 14.3 Å². The standard InChI is InChI=1S/C22H22BrN7O8/c1-4-28(7-5-21(32)38-8-6-24)18-11-16(25-13(2)31)17(12-20(18)37-3)26-27-22-15(23)9-14(29(33)34)10-19(22)30(35)36/h9-12H,4-5,7-8H2,1-3H3,(H,25,31). The van der Waals surface area contributed by atoms with Gasteiger partial charge >= 0.3 is 11.7 Å². The minimum Gasteiger partial charge on any atom is -0.494 e. The number of nitriles is 1. The van der Waals surface area contributed by atoms with E-state index >= 15 is 0 Å². The minimum atomic E-state index is -0.828. The van der Waals surface area contributed by atoms with Crippen LogP contribution in [0, 0.1) is 31.6 Å². The Kier molecular flexibility index (Phi) is 10.6. The van der Waals surface area contributed by atoms with Crippen molar-refractivity contribution in [2.24, 2.45) is 10.2 Å². The number of non-ortho nitro benzene ring substituents is 1. The molecule has 38 heavy (non-hydrogen) atoms. The van der Waals surface area contributed by atoms with Crippen LogP contribution in [0.1, 0.15) is 20.3 Å². The number of carbonyl (C=O) groups is 2. The maximum absolute atomic E-state index is 11.9. The van der Waals surface area contributed by atoms with Crippen molar-refractivity contribution in [3.8, 4) is 11.8 Å². The number of hydrogen-bond acceptors (Lipinski definition) is 12. The fourth-order valence-corrected chi connectivity index (χ4v) is 3.74. The SMILES string of the molecule is CCN(CCC(=O)OCC#N)c1cc(NC(C)=O)c(N=Nc2c(Br)cc([N+](=O)[O-])cc2[N+](=O)[O-])cc1OC. The summed E-state index contributed by atoms with van der Waals surface area (Å²) in [6, 6.07) is 6.51. The van der Waals surface area contributed by atoms with E-state index in [-0.39, 0.29) is 46.9 Å². The summed E-state index contributed by atoms with van der Waals surface area (Å²) in [7, 11) is 1.39. The van der Waals surface area contributed by atoms with Gasteiger partial charge in [-0.1, -0.05) is 0 Å². The molecule has 0 aromatic heterocycles. The molecule has 0 heterocycles. The van der Waals surface area contributed by atoms with E-state index in [1.165, 1.54) is 26.2 Å². The van der Waals surface area contributed by atoms with Crippen LogP contribution in [0.25, 0.3) is 0 Å². The molecule has 0 saturated heterocycles. The van der Waals surface area contributed by atoms with E-state index in [0.29, 0.717) is 12.2 Å². The Hall–Kier alpha value is -4.65. The average molecular weight is 592 g/mol. The zero-order chi connectivity index (χ0) is 28.4. The van der Waals surface area contributed by atoms with Crippen LogP contribution in [-0.4, -0.2) is 48.5 Å². The lowest BCUT2D eigenvalue weighted by Crippen LogP contribution is -2.27. The summed E-state index contributed by atoms with van der Waals surface area (Å²) in [5, 5.41) is 41.8. The van der Waals surface area contributed by atoms with Crippen molar-refractivity contribution >= 4 is 61.9 Å². The summed E-state index contributed by atoms with van der Waals surface area (Å²) >= 11 is 3.06. The van der Waals surface area contributed by atoms with E-state index in [1.54, 1.807) is 11.0 Å². The fraction of sp³-hybridized carbons (Fsp3) is 0.318. The third-order valence-electron chi connectivity index (χ3n) is 4.91. The van der Waals surface area contributed by atoms with Crippen molar-refractivity contribution in [3.63, 3.8) is 0 Å². The number of nitro groups is 2. The summed E-state index contributed by atoms with van der Waals surface area (Å²) in [6.07, 6.45) is -0.0204. The van der Waals surface area contributed by atoms with Gasteiger partial charge in [0.1, 0.15) is 17.5 Å². The lowest BCUT2D eigenvalue weighted by molar-refractivity contribution is -0.393. The lowest BCUT2D eigenvalue weighted by Gasteiger charge is -2.26. The minimum absolute atomic E-state index is 0.0204. The first kappa shape index (κ1) is 29.6. The number of rotatable bonds is 12. The molecule has 0 aliphatic carbocycles. The van der Waals surface area contributed by atoms with Gasteiger partial charge in [-0.05, 0) is 28.9 Å². The Morgan fingerprint density at radius 1 is 1.18 bits per heavy atom. The molecule has 0 aliphatic heterocycles. The van der Waals surface area contributed by atoms with E-state index in [0.717, 1.165) is 12.1 Å². The van der Waals surface area contributed by atoms with Crippen molar-refractivity contribution in [2.45, 2.75) is 20.3 Å². The van der Waals surface area contributed by atoms with Crippen molar-refractivity contribution in [2.75, 3.05) is 37.0 Å². The predicted molar refractivity (Wildman–Crippen MR) is 138 cm³/mol. The summed E-state index contributed by atoms with van der Waals surface area (Å²) in [6.45, 7) is 3.38. The van der Waals surface area contributed by atoms with Crippen molar-refractivity contribution < 1.29 is 28.9 Å². The molecule has 1 amide bonds. The highest BCUT2D eigenvalue weighted by Gasteiger charge is 2.24. The van der Waals surface area contributed by atoms with E-state index in [9.17, 15) is 29.8 Å². The second kappa shape index (κ2) is 13.6. The summed E-state index contributed by atoms with van der Waals surface area (Å²) < 4.78 is 10.2. The van der Waals surface area contributed by atoms with Gasteiger partial charge in [-0.15, -0.1) is 10.2 Å². The Labute approximate surface area is 224 Å². The predicted octanol–water partition coefficient (Wildman–Crippen LogP) is 4.93. The number of ether oxygens (including phenoxy) is 2. The van der Waals surface area contributed by atoms with Gasteiger partial charge in [0.2, 0.25) is 5.91 Å². The molecule has 0 radical (unpaired) electrons. The van der Waals surface area contributed by atoms with E-state index in [2.05, 4.69) is 31.5 Å². The molecule has 2 rings (SSSR count). The quantitative estimate of drug-likeness (QED) is 0.152. The molecule has 0 aliphatic rings. The second-order valence-electron chi connectivity index (χ2n) is 7.38. The average Bonchev–Trinajstić information content (AvgIpc) is 2.86. The number of benzene rings is 2. The molecule has 1 N–H and O–H groups in total. The molecular weight excluding hydrogens is 570 g/mol. The van der Waals surface area contributed by atoms with E-state index in [4.69, 9.17) is 14.7 Å². The Balaban J connectivity index is 2.55. The van der Waals surface area contributed by atoms with Gasteiger partial charge in [-0.2, -0.15) is 5.26 Å². The Morgan fingerprint density at radius 3 is 2.45 bits per heavy atom. The number of carbonyl (C=O) groups excluding carboxylic acids is 2. The first-order valence-electron chi connectivity index (χ1n) is 10.8. The number of nitrogens with zero attached hydrogens (tertiary/aromatic N) is 6. The maximum atomic E-state index is 11.9. The van der Waals surface area contributed by atoms with Crippen LogP contribution in [0.15, 0.2) is 39.0 Å². The smallest absolute Gasteiger partial charge is 0.308 e. The molecule has 0 atom stereocenters. The Morgan fingerprint density at radius 2 is 1.89 bits per heavy atom. The van der Waals surface area contributed by atoms with Crippen LogP contribution in [0.5, 0.6) is 5.75 Å². The molecule has 0 unspecified atom stereocenters. The van der Waals surface area contributed by atoms with Crippen LogP contribution in [0.4, 0.5) is 34.1 Å². The largest absolute Gasteiger partial charge is 0.494 e. The van der Waals surface area contributed by atoms with Crippen molar-refractivity contribution in [1.82, 2.24) is 0 Å². The van der Waals surface area contributed by atoms with E-state index in [1.807, 2.05) is 6.92 Å². The van der Waals surface area contributed by atoms with E-state index < -0.39 is 33.1 Å². The highest BCUT2D eigenvalue weighted by atomic mass is 79.9. The molecule has 0 saturated carbocycles. The second-order valence-corrected chi connectivity index (χ2v) is 8.23. The third-order valence-corrected chi connectivity index (χ3v) is 5.51. The van der Waals surface area contributed by atoms with Crippen LogP contribution in [0.3, 0.4) is 0 Å². The molecule has 0 fully saturated rings. The highest BCUT2D eigenvalue weighted by molar-refractivity contribution is 9.10. The number of nitrogens with one attached hydrogen (secondary N) is 1. The van der Waals surface area contributed by atoms with Crippen LogP contribution in [0.2, 0.25) is 0 Å². The molecule has 0 bridgehead atoms. The van der Waals surface area contributed by atoms with Crippen molar-refractivity contribution in [3.05, 3.63) is 49.0 Å². The third kappa shape index (κ3) is 7.67. The molecule has 200 valence electrons. The monoisotopic (exact) mass is 591 g/mol.